The van der Waals surface area contributed by atoms with Crippen molar-refractivity contribution in [2.24, 2.45) is 11.7 Å². The van der Waals surface area contributed by atoms with Gasteiger partial charge < -0.3 is 5.73 Å². The molecule has 0 aliphatic carbocycles. The number of hydrogen-bond acceptors (Lipinski definition) is 1. The van der Waals surface area contributed by atoms with Crippen LogP contribution in [-0.2, 0) is 6.42 Å². The van der Waals surface area contributed by atoms with E-state index in [1.54, 1.807) is 0 Å². The van der Waals surface area contributed by atoms with E-state index < -0.39 is 0 Å². The number of nitrogens with two attached hydrogens (primary N) is 1. The van der Waals surface area contributed by atoms with Crippen LogP contribution in [0.2, 0.25) is 0 Å². The van der Waals surface area contributed by atoms with Crippen LogP contribution in [0, 0.1) is 5.92 Å². The molecule has 0 aliphatic heterocycles. The molecule has 0 radical (unpaired) electrons. The number of rotatable bonds is 5. The summed E-state index contributed by atoms with van der Waals surface area (Å²) in [5, 5.41) is 0. The Morgan fingerprint density at radius 2 is 1.42 bits per heavy atom. The van der Waals surface area contributed by atoms with E-state index in [-0.39, 0.29) is 0 Å². The van der Waals surface area contributed by atoms with Crippen molar-refractivity contribution in [3.05, 3.63) is 71.3 Å². The molecular formula is C18H23N. The Morgan fingerprint density at radius 3 is 1.95 bits per heavy atom. The summed E-state index contributed by atoms with van der Waals surface area (Å²) in [6.07, 6.45) is 1.14. The van der Waals surface area contributed by atoms with Crippen molar-refractivity contribution in [1.29, 1.82) is 0 Å². The summed E-state index contributed by atoms with van der Waals surface area (Å²) < 4.78 is 0. The van der Waals surface area contributed by atoms with Crippen LogP contribution in [0.3, 0.4) is 0 Å². The SMILES string of the molecule is CC(C)Cc1ccc(C(CN)c2ccccc2)cc1. The third-order valence-electron chi connectivity index (χ3n) is 3.46. The fraction of sp³-hybridized carbons (Fsp3) is 0.333. The molecule has 1 heteroatoms. The summed E-state index contributed by atoms with van der Waals surface area (Å²) in [6, 6.07) is 19.4. The largest absolute Gasteiger partial charge is 0.330 e. The van der Waals surface area contributed by atoms with Crippen molar-refractivity contribution in [1.82, 2.24) is 0 Å². The lowest BCUT2D eigenvalue weighted by atomic mass is 9.90. The van der Waals surface area contributed by atoms with Crippen LogP contribution in [0.5, 0.6) is 0 Å². The third-order valence-corrected chi connectivity index (χ3v) is 3.46. The van der Waals surface area contributed by atoms with Gasteiger partial charge in [-0.25, -0.2) is 0 Å². The highest BCUT2D eigenvalue weighted by Crippen LogP contribution is 2.24. The van der Waals surface area contributed by atoms with Crippen LogP contribution in [0.15, 0.2) is 54.6 Å². The van der Waals surface area contributed by atoms with Crippen molar-refractivity contribution in [2.45, 2.75) is 26.2 Å². The second-order valence-electron chi connectivity index (χ2n) is 5.54. The first-order chi connectivity index (χ1) is 9.20. The van der Waals surface area contributed by atoms with Crippen molar-refractivity contribution < 1.29 is 0 Å². The van der Waals surface area contributed by atoms with Gasteiger partial charge in [-0.2, -0.15) is 0 Å². The number of hydrogen-bond donors (Lipinski definition) is 1. The van der Waals surface area contributed by atoms with Gasteiger partial charge in [-0.1, -0.05) is 68.4 Å². The molecule has 100 valence electrons. The summed E-state index contributed by atoms with van der Waals surface area (Å²) in [6.45, 7) is 5.15. The Bertz CT molecular complexity index is 485. The van der Waals surface area contributed by atoms with Crippen LogP contribution in [0.1, 0.15) is 36.5 Å². The van der Waals surface area contributed by atoms with E-state index in [1.165, 1.54) is 16.7 Å². The summed E-state index contributed by atoms with van der Waals surface area (Å²) in [5.41, 5.74) is 9.96. The van der Waals surface area contributed by atoms with Crippen LogP contribution in [-0.4, -0.2) is 6.54 Å². The Morgan fingerprint density at radius 1 is 0.842 bits per heavy atom. The maximum absolute atomic E-state index is 5.96. The molecule has 1 unspecified atom stereocenters. The van der Waals surface area contributed by atoms with Crippen molar-refractivity contribution in [3.8, 4) is 0 Å². The predicted octanol–water partition coefficient (Wildman–Crippen LogP) is 3.98. The van der Waals surface area contributed by atoms with Gasteiger partial charge in [0.05, 0.1) is 0 Å². The first-order valence-corrected chi connectivity index (χ1v) is 7.04. The van der Waals surface area contributed by atoms with Gasteiger partial charge in [-0.05, 0) is 29.0 Å². The molecule has 0 fully saturated rings. The van der Waals surface area contributed by atoms with Gasteiger partial charge >= 0.3 is 0 Å². The van der Waals surface area contributed by atoms with E-state index in [2.05, 4.69) is 62.4 Å². The lowest BCUT2D eigenvalue weighted by molar-refractivity contribution is 0.647. The van der Waals surface area contributed by atoms with Gasteiger partial charge in [0.1, 0.15) is 0 Å². The molecule has 0 spiro atoms. The monoisotopic (exact) mass is 253 g/mol. The van der Waals surface area contributed by atoms with Crippen LogP contribution in [0.4, 0.5) is 0 Å². The minimum absolute atomic E-state index is 0.300. The zero-order chi connectivity index (χ0) is 13.7. The fourth-order valence-corrected chi connectivity index (χ4v) is 2.51. The molecule has 2 N–H and O–H groups in total. The summed E-state index contributed by atoms with van der Waals surface area (Å²) >= 11 is 0. The number of benzene rings is 2. The van der Waals surface area contributed by atoms with E-state index >= 15 is 0 Å². The molecule has 0 heterocycles. The maximum atomic E-state index is 5.96. The minimum atomic E-state index is 0.300. The highest BCUT2D eigenvalue weighted by Gasteiger charge is 2.11. The first kappa shape index (κ1) is 13.8. The molecule has 0 saturated heterocycles. The second-order valence-corrected chi connectivity index (χ2v) is 5.54. The van der Waals surface area contributed by atoms with Gasteiger partial charge in [0.15, 0.2) is 0 Å². The molecular weight excluding hydrogens is 230 g/mol. The first-order valence-electron chi connectivity index (χ1n) is 7.04. The van der Waals surface area contributed by atoms with E-state index in [0.717, 1.165) is 6.42 Å². The van der Waals surface area contributed by atoms with Gasteiger partial charge in [-0.15, -0.1) is 0 Å². The molecule has 0 aliphatic rings. The molecule has 0 aromatic heterocycles. The molecule has 2 rings (SSSR count). The van der Waals surface area contributed by atoms with Crippen molar-refractivity contribution in [2.75, 3.05) is 6.54 Å². The van der Waals surface area contributed by atoms with Gasteiger partial charge in [0, 0.05) is 12.5 Å². The fourth-order valence-electron chi connectivity index (χ4n) is 2.51. The normalized spacial score (nSPS) is 12.6. The van der Waals surface area contributed by atoms with Gasteiger partial charge in [0.25, 0.3) is 0 Å². The minimum Gasteiger partial charge on any atom is -0.330 e. The van der Waals surface area contributed by atoms with Crippen LogP contribution < -0.4 is 5.73 Å². The van der Waals surface area contributed by atoms with Crippen LogP contribution >= 0.6 is 0 Å². The Hall–Kier alpha value is -1.60. The molecule has 1 atom stereocenters. The quantitative estimate of drug-likeness (QED) is 0.857. The lowest BCUT2D eigenvalue weighted by Gasteiger charge is -2.16. The van der Waals surface area contributed by atoms with E-state index in [4.69, 9.17) is 5.73 Å². The Kier molecular flexibility index (Phi) is 4.75. The Balaban J connectivity index is 2.20. The highest BCUT2D eigenvalue weighted by molar-refractivity contribution is 5.34. The summed E-state index contributed by atoms with van der Waals surface area (Å²) in [4.78, 5) is 0. The average Bonchev–Trinajstić information content (AvgIpc) is 2.42. The predicted molar refractivity (Wildman–Crippen MR) is 82.3 cm³/mol. The molecule has 0 saturated carbocycles. The second kappa shape index (κ2) is 6.53. The Labute approximate surface area is 116 Å². The van der Waals surface area contributed by atoms with Gasteiger partial charge in [-0.3, -0.25) is 0 Å². The zero-order valence-electron chi connectivity index (χ0n) is 11.8. The molecule has 2 aromatic carbocycles. The highest BCUT2D eigenvalue weighted by atomic mass is 14.5. The third kappa shape index (κ3) is 3.68. The standard InChI is InChI=1S/C18H23N/c1-14(2)12-15-8-10-17(11-9-15)18(13-19)16-6-4-3-5-7-16/h3-11,14,18H,12-13,19H2,1-2H3. The molecule has 0 amide bonds. The summed E-state index contributed by atoms with van der Waals surface area (Å²) in [5.74, 6) is 1.000. The molecule has 19 heavy (non-hydrogen) atoms. The lowest BCUT2D eigenvalue weighted by Crippen LogP contribution is -2.13. The van der Waals surface area contributed by atoms with Gasteiger partial charge in [0.2, 0.25) is 0 Å². The summed E-state index contributed by atoms with van der Waals surface area (Å²) in [7, 11) is 0. The topological polar surface area (TPSA) is 26.0 Å². The van der Waals surface area contributed by atoms with E-state index in [0.29, 0.717) is 18.4 Å². The smallest absolute Gasteiger partial charge is 0.0212 e. The van der Waals surface area contributed by atoms with Crippen molar-refractivity contribution in [3.63, 3.8) is 0 Å². The zero-order valence-corrected chi connectivity index (χ0v) is 11.8. The maximum Gasteiger partial charge on any atom is 0.0212 e. The van der Waals surface area contributed by atoms with Crippen LogP contribution in [0.25, 0.3) is 0 Å². The van der Waals surface area contributed by atoms with E-state index in [9.17, 15) is 0 Å². The van der Waals surface area contributed by atoms with E-state index in [1.807, 2.05) is 6.07 Å². The molecule has 1 nitrogen and oxygen atoms in total. The molecule has 0 bridgehead atoms. The molecule has 2 aromatic rings. The average molecular weight is 253 g/mol. The van der Waals surface area contributed by atoms with Crippen molar-refractivity contribution >= 4 is 0 Å².